The zero-order valence-electron chi connectivity index (χ0n) is 14.1. The predicted molar refractivity (Wildman–Crippen MR) is 101 cm³/mol. The molecule has 0 radical (unpaired) electrons. The van der Waals surface area contributed by atoms with Gasteiger partial charge in [0.15, 0.2) is 0 Å². The number of nitrogens with zero attached hydrogens (tertiary/aromatic N) is 2. The highest BCUT2D eigenvalue weighted by Gasteiger charge is 2.16. The molecule has 0 aliphatic heterocycles. The number of amides is 1. The molecule has 1 amide bonds. The van der Waals surface area contributed by atoms with Crippen LogP contribution in [0.1, 0.15) is 11.1 Å². The third-order valence-corrected chi connectivity index (χ3v) is 4.11. The van der Waals surface area contributed by atoms with Crippen LogP contribution in [0.3, 0.4) is 0 Å². The molecule has 2 aromatic carbocycles. The van der Waals surface area contributed by atoms with Gasteiger partial charge >= 0.3 is 0 Å². The summed E-state index contributed by atoms with van der Waals surface area (Å²) in [5.74, 6) is -0.424. The van der Waals surface area contributed by atoms with Crippen LogP contribution >= 0.6 is 0 Å². The van der Waals surface area contributed by atoms with Crippen molar-refractivity contribution in [3.8, 4) is 17.2 Å². The summed E-state index contributed by atoms with van der Waals surface area (Å²) >= 11 is 0. The molecule has 1 heterocycles. The number of nitrogens with two attached hydrogens (primary N) is 1. The minimum Gasteiger partial charge on any atom is -0.373 e. The van der Waals surface area contributed by atoms with E-state index in [4.69, 9.17) is 11.0 Å². The molecule has 0 fully saturated rings. The van der Waals surface area contributed by atoms with Gasteiger partial charge in [-0.3, -0.25) is 9.78 Å². The molecular formula is C21H18N4O. The molecule has 0 spiro atoms. The topological polar surface area (TPSA) is 91.8 Å². The van der Waals surface area contributed by atoms with Gasteiger partial charge in [-0.15, -0.1) is 0 Å². The first-order valence-corrected chi connectivity index (χ1v) is 8.21. The monoisotopic (exact) mass is 342 g/mol. The minimum absolute atomic E-state index is 0.424. The number of carbonyl (C=O) groups is 1. The molecule has 128 valence electrons. The molecule has 3 rings (SSSR count). The van der Waals surface area contributed by atoms with E-state index < -0.39 is 11.9 Å². The predicted octanol–water partition coefficient (Wildman–Crippen LogP) is 3.13. The summed E-state index contributed by atoms with van der Waals surface area (Å²) in [6, 6.07) is 20.4. The summed E-state index contributed by atoms with van der Waals surface area (Å²) in [6.45, 7) is 0. The quantitative estimate of drug-likeness (QED) is 0.720. The third kappa shape index (κ3) is 4.25. The Morgan fingerprint density at radius 1 is 1.00 bits per heavy atom. The Hall–Kier alpha value is -3.65. The van der Waals surface area contributed by atoms with E-state index in [1.54, 1.807) is 24.5 Å². The van der Waals surface area contributed by atoms with Crippen molar-refractivity contribution in [2.45, 2.75) is 12.5 Å². The van der Waals surface area contributed by atoms with E-state index >= 15 is 0 Å². The zero-order valence-corrected chi connectivity index (χ0v) is 14.1. The maximum absolute atomic E-state index is 11.8. The number of aromatic nitrogens is 1. The molecule has 0 saturated heterocycles. The standard InChI is InChI=1S/C21H18N4O/c22-14-16-3-1-15(2-4-16)13-20(21(23)26)25-19-7-5-17(6-8-19)18-9-11-24-12-10-18/h1-12,20,25H,13H2,(H2,23,26)/t20-/m1/s1. The van der Waals surface area contributed by atoms with E-state index in [2.05, 4.69) is 16.4 Å². The van der Waals surface area contributed by atoms with E-state index in [1.807, 2.05) is 48.5 Å². The summed E-state index contributed by atoms with van der Waals surface area (Å²) in [4.78, 5) is 15.8. The van der Waals surface area contributed by atoms with Crippen molar-refractivity contribution in [3.63, 3.8) is 0 Å². The molecule has 5 nitrogen and oxygen atoms in total. The van der Waals surface area contributed by atoms with Gasteiger partial charge < -0.3 is 11.1 Å². The molecule has 26 heavy (non-hydrogen) atoms. The van der Waals surface area contributed by atoms with E-state index in [1.165, 1.54) is 0 Å². The Morgan fingerprint density at radius 3 is 2.19 bits per heavy atom. The highest BCUT2D eigenvalue weighted by molar-refractivity contribution is 5.83. The van der Waals surface area contributed by atoms with Crippen molar-refractivity contribution in [1.82, 2.24) is 4.98 Å². The molecule has 1 aromatic heterocycles. The second-order valence-electron chi connectivity index (χ2n) is 5.93. The van der Waals surface area contributed by atoms with Crippen molar-refractivity contribution >= 4 is 11.6 Å². The second-order valence-corrected chi connectivity index (χ2v) is 5.93. The van der Waals surface area contributed by atoms with Gasteiger partial charge in [0.25, 0.3) is 0 Å². The largest absolute Gasteiger partial charge is 0.373 e. The fraction of sp³-hybridized carbons (Fsp3) is 0.0952. The number of carbonyl (C=O) groups excluding carboxylic acids is 1. The molecule has 0 bridgehead atoms. The molecule has 0 unspecified atom stereocenters. The summed E-state index contributed by atoms with van der Waals surface area (Å²) < 4.78 is 0. The van der Waals surface area contributed by atoms with Gasteiger partial charge in [-0.25, -0.2) is 0 Å². The van der Waals surface area contributed by atoms with Gasteiger partial charge in [0, 0.05) is 24.5 Å². The fourth-order valence-electron chi connectivity index (χ4n) is 2.68. The number of rotatable bonds is 6. The van der Waals surface area contributed by atoms with Gasteiger partial charge in [-0.2, -0.15) is 5.26 Å². The normalized spacial score (nSPS) is 11.3. The number of benzene rings is 2. The van der Waals surface area contributed by atoms with Crippen LogP contribution in [0.2, 0.25) is 0 Å². The average Bonchev–Trinajstić information content (AvgIpc) is 2.69. The third-order valence-electron chi connectivity index (χ3n) is 4.11. The van der Waals surface area contributed by atoms with Crippen LogP contribution in [0.15, 0.2) is 73.1 Å². The average molecular weight is 342 g/mol. The van der Waals surface area contributed by atoms with Crippen molar-refractivity contribution in [3.05, 3.63) is 84.2 Å². The minimum atomic E-state index is -0.533. The number of pyridine rings is 1. The van der Waals surface area contributed by atoms with Crippen molar-refractivity contribution in [2.24, 2.45) is 5.73 Å². The maximum Gasteiger partial charge on any atom is 0.240 e. The Labute approximate surface area is 152 Å². The second kappa shape index (κ2) is 7.95. The van der Waals surface area contributed by atoms with Gasteiger partial charge in [-0.1, -0.05) is 24.3 Å². The lowest BCUT2D eigenvalue weighted by Crippen LogP contribution is -2.37. The van der Waals surface area contributed by atoms with Crippen LogP contribution in [0, 0.1) is 11.3 Å². The lowest BCUT2D eigenvalue weighted by atomic mass is 10.0. The first-order valence-electron chi connectivity index (χ1n) is 8.21. The van der Waals surface area contributed by atoms with E-state index in [0.29, 0.717) is 12.0 Å². The molecule has 0 saturated carbocycles. The first-order chi connectivity index (χ1) is 12.7. The van der Waals surface area contributed by atoms with E-state index in [0.717, 1.165) is 22.4 Å². The van der Waals surface area contributed by atoms with Gasteiger partial charge in [0.2, 0.25) is 5.91 Å². The van der Waals surface area contributed by atoms with Crippen molar-refractivity contribution < 1.29 is 4.79 Å². The number of anilines is 1. The van der Waals surface area contributed by atoms with Crippen molar-refractivity contribution in [2.75, 3.05) is 5.32 Å². The van der Waals surface area contributed by atoms with Gasteiger partial charge in [0.1, 0.15) is 6.04 Å². The van der Waals surface area contributed by atoms with Crippen molar-refractivity contribution in [1.29, 1.82) is 5.26 Å². The highest BCUT2D eigenvalue weighted by atomic mass is 16.1. The summed E-state index contributed by atoms with van der Waals surface area (Å²) in [7, 11) is 0. The number of hydrogen-bond acceptors (Lipinski definition) is 4. The van der Waals surface area contributed by atoms with Gasteiger partial charge in [0.05, 0.1) is 11.6 Å². The lowest BCUT2D eigenvalue weighted by molar-refractivity contribution is -0.118. The van der Waals surface area contributed by atoms with Gasteiger partial charge in [-0.05, 0) is 53.1 Å². The SMILES string of the molecule is N#Cc1ccc(C[C@@H](Nc2ccc(-c3ccncc3)cc2)C(N)=O)cc1. The smallest absolute Gasteiger partial charge is 0.240 e. The van der Waals surface area contributed by atoms with E-state index in [-0.39, 0.29) is 0 Å². The highest BCUT2D eigenvalue weighted by Crippen LogP contribution is 2.21. The Kier molecular flexibility index (Phi) is 5.25. The van der Waals surface area contributed by atoms with Crippen LogP contribution in [0.5, 0.6) is 0 Å². The lowest BCUT2D eigenvalue weighted by Gasteiger charge is -2.17. The Bertz CT molecular complexity index is 913. The molecule has 0 aliphatic carbocycles. The Balaban J connectivity index is 1.71. The molecule has 1 atom stereocenters. The zero-order chi connectivity index (χ0) is 18.4. The fourth-order valence-corrected chi connectivity index (χ4v) is 2.68. The number of nitrogens with one attached hydrogen (secondary N) is 1. The number of hydrogen-bond donors (Lipinski definition) is 2. The molecule has 3 aromatic rings. The Morgan fingerprint density at radius 2 is 1.62 bits per heavy atom. The number of nitriles is 1. The molecule has 0 aliphatic rings. The van der Waals surface area contributed by atoms with Crippen LogP contribution in [0.4, 0.5) is 5.69 Å². The van der Waals surface area contributed by atoms with Crippen LogP contribution in [0.25, 0.3) is 11.1 Å². The molecule has 3 N–H and O–H groups in total. The van der Waals surface area contributed by atoms with Crippen LogP contribution in [-0.4, -0.2) is 16.9 Å². The molecule has 5 heteroatoms. The first kappa shape index (κ1) is 17.2. The van der Waals surface area contributed by atoms with Crippen LogP contribution < -0.4 is 11.1 Å². The molecular weight excluding hydrogens is 324 g/mol. The maximum atomic E-state index is 11.8. The number of primary amides is 1. The van der Waals surface area contributed by atoms with Crippen LogP contribution in [-0.2, 0) is 11.2 Å². The summed E-state index contributed by atoms with van der Waals surface area (Å²) in [5.41, 5.74) is 10.0. The summed E-state index contributed by atoms with van der Waals surface area (Å²) in [5, 5.41) is 12.0. The van der Waals surface area contributed by atoms with E-state index in [9.17, 15) is 4.79 Å². The summed E-state index contributed by atoms with van der Waals surface area (Å²) in [6.07, 6.45) is 3.96.